The molecule has 1 aromatic heterocycles. The van der Waals surface area contributed by atoms with Crippen LogP contribution in [-0.2, 0) is 9.53 Å². The first-order chi connectivity index (χ1) is 15.9. The predicted octanol–water partition coefficient (Wildman–Crippen LogP) is 1.02. The van der Waals surface area contributed by atoms with Gasteiger partial charge in [0.15, 0.2) is 11.9 Å². The summed E-state index contributed by atoms with van der Waals surface area (Å²) in [5, 5.41) is 24.9. The molecular weight excluding hydrogens is 444 g/mol. The average Bonchev–Trinajstić information content (AvgIpc) is 3.45. The number of aliphatic hydroxyl groups excluding tert-OH is 2. The Balaban J connectivity index is 1.51. The van der Waals surface area contributed by atoms with Gasteiger partial charge in [-0.1, -0.05) is 6.08 Å². The number of aromatic nitrogens is 1. The molecule has 0 radical (unpaired) electrons. The van der Waals surface area contributed by atoms with Gasteiger partial charge in [-0.25, -0.2) is 13.6 Å². The number of aliphatic hydroxyl groups is 2. The summed E-state index contributed by atoms with van der Waals surface area (Å²) in [4.78, 5) is 25.4. The highest BCUT2D eigenvalue weighted by Crippen LogP contribution is 2.32. The molecule has 3 heterocycles. The first-order valence-electron chi connectivity index (χ1n) is 10.1. The number of hydrogen-bond donors (Lipinski definition) is 3. The van der Waals surface area contributed by atoms with Gasteiger partial charge in [0, 0.05) is 18.2 Å². The fourth-order valence-corrected chi connectivity index (χ4v) is 3.69. The third kappa shape index (κ3) is 4.87. The third-order valence-corrected chi connectivity index (χ3v) is 5.30. The summed E-state index contributed by atoms with van der Waals surface area (Å²) >= 11 is 0. The number of carbonyl (C=O) groups is 2. The van der Waals surface area contributed by atoms with Crippen LogP contribution in [0.25, 0.3) is 5.57 Å². The van der Waals surface area contributed by atoms with Gasteiger partial charge in [0.05, 0.1) is 24.9 Å². The number of nitrogens with zero attached hydrogens (tertiary/aromatic N) is 2. The monoisotopic (exact) mass is 465 g/mol. The molecule has 1 fully saturated rings. The molecular formula is C21H21F2N3O7. The van der Waals surface area contributed by atoms with Gasteiger partial charge in [0.25, 0.3) is 5.88 Å². The molecule has 1 unspecified atom stereocenters. The molecule has 33 heavy (non-hydrogen) atoms. The molecule has 2 aliphatic heterocycles. The number of nitrogens with one attached hydrogen (secondary N) is 1. The number of halogens is 2. The summed E-state index contributed by atoms with van der Waals surface area (Å²) in [5.41, 5.74) is -0.114. The van der Waals surface area contributed by atoms with Crippen LogP contribution >= 0.6 is 0 Å². The van der Waals surface area contributed by atoms with Crippen molar-refractivity contribution in [2.45, 2.75) is 24.7 Å². The van der Waals surface area contributed by atoms with Crippen molar-refractivity contribution in [1.82, 2.24) is 10.5 Å². The molecule has 4 rings (SSSR count). The van der Waals surface area contributed by atoms with Gasteiger partial charge >= 0.3 is 6.09 Å². The van der Waals surface area contributed by atoms with E-state index in [0.717, 1.165) is 17.0 Å². The third-order valence-electron chi connectivity index (χ3n) is 5.30. The van der Waals surface area contributed by atoms with Crippen LogP contribution in [0.5, 0.6) is 5.88 Å². The van der Waals surface area contributed by atoms with Crippen LogP contribution in [0.1, 0.15) is 12.0 Å². The van der Waals surface area contributed by atoms with Crippen molar-refractivity contribution in [3.63, 3.8) is 0 Å². The lowest BCUT2D eigenvalue weighted by molar-refractivity contribution is -0.130. The summed E-state index contributed by atoms with van der Waals surface area (Å²) in [6.07, 6.45) is -0.179. The van der Waals surface area contributed by atoms with Gasteiger partial charge in [-0.3, -0.25) is 9.69 Å². The van der Waals surface area contributed by atoms with Gasteiger partial charge in [-0.05, 0) is 29.3 Å². The van der Waals surface area contributed by atoms with E-state index in [-0.39, 0.29) is 48.8 Å². The van der Waals surface area contributed by atoms with Gasteiger partial charge in [-0.15, -0.1) is 0 Å². The quantitative estimate of drug-likeness (QED) is 0.522. The number of benzene rings is 1. The molecule has 1 amide bonds. The Bertz CT molecular complexity index is 1040. The zero-order chi connectivity index (χ0) is 23.5. The summed E-state index contributed by atoms with van der Waals surface area (Å²) in [6.45, 7) is -0.523. The van der Waals surface area contributed by atoms with Crippen molar-refractivity contribution in [2.24, 2.45) is 0 Å². The molecule has 1 saturated heterocycles. The molecule has 0 saturated carbocycles. The minimum Gasteiger partial charge on any atom is -0.471 e. The minimum atomic E-state index is -1.60. The average molecular weight is 465 g/mol. The van der Waals surface area contributed by atoms with Crippen LogP contribution < -0.4 is 15.0 Å². The number of rotatable bonds is 8. The number of anilines is 1. The molecule has 0 spiro atoms. The molecule has 2 aliphatic rings. The lowest BCUT2D eigenvalue weighted by Crippen LogP contribution is -2.45. The van der Waals surface area contributed by atoms with Crippen LogP contribution in [0.4, 0.5) is 19.3 Å². The number of Topliss-reactive ketones (excluding diaryl/α,β-unsaturated/α-hetero) is 1. The van der Waals surface area contributed by atoms with Gasteiger partial charge in [-0.2, -0.15) is 0 Å². The molecule has 3 N–H and O–H groups in total. The maximum Gasteiger partial charge on any atom is 0.414 e. The summed E-state index contributed by atoms with van der Waals surface area (Å²) in [7, 11) is 0. The highest BCUT2D eigenvalue weighted by Gasteiger charge is 2.34. The number of hydrogen-bond acceptors (Lipinski definition) is 9. The maximum absolute atomic E-state index is 15.0. The Morgan fingerprint density at radius 1 is 1.36 bits per heavy atom. The normalized spacial score (nSPS) is 21.5. The highest BCUT2D eigenvalue weighted by molar-refractivity contribution is 5.92. The fourth-order valence-electron chi connectivity index (χ4n) is 3.69. The summed E-state index contributed by atoms with van der Waals surface area (Å²) < 4.78 is 45.1. The molecule has 10 nitrogen and oxygen atoms in total. The molecule has 12 heteroatoms. The molecule has 2 aromatic rings. The largest absolute Gasteiger partial charge is 0.471 e. The Hall–Kier alpha value is -3.35. The maximum atomic E-state index is 15.0. The van der Waals surface area contributed by atoms with Crippen molar-refractivity contribution >= 4 is 23.1 Å². The summed E-state index contributed by atoms with van der Waals surface area (Å²) in [5.74, 6) is -2.32. The Labute approximate surface area is 186 Å². The highest BCUT2D eigenvalue weighted by atomic mass is 19.1. The van der Waals surface area contributed by atoms with E-state index in [2.05, 4.69) is 15.0 Å². The molecule has 0 bridgehead atoms. The first kappa shape index (κ1) is 22.8. The second kappa shape index (κ2) is 9.65. The SMILES string of the molecule is O=C(C1C=C(c2c(F)cc(N3C[C@H](COc4ccon4)OC3=O)cc2F)CCN1)[C@@H](O)CO. The van der Waals surface area contributed by atoms with E-state index in [1.807, 2.05) is 0 Å². The van der Waals surface area contributed by atoms with E-state index in [9.17, 15) is 23.5 Å². The van der Waals surface area contributed by atoms with Crippen molar-refractivity contribution in [1.29, 1.82) is 0 Å². The van der Waals surface area contributed by atoms with Crippen molar-refractivity contribution < 1.29 is 42.6 Å². The zero-order valence-electron chi connectivity index (χ0n) is 17.2. The van der Waals surface area contributed by atoms with E-state index in [4.69, 9.17) is 14.6 Å². The van der Waals surface area contributed by atoms with Crippen LogP contribution in [0.3, 0.4) is 0 Å². The predicted molar refractivity (Wildman–Crippen MR) is 108 cm³/mol. The number of ketones is 1. The number of amides is 1. The molecule has 1 aromatic carbocycles. The lowest BCUT2D eigenvalue weighted by atomic mass is 9.93. The van der Waals surface area contributed by atoms with E-state index in [1.165, 1.54) is 18.4 Å². The standard InChI is InChI=1S/C21H21F2N3O7/c22-14-6-12(26-8-13(33-21(26)30)10-31-18-2-4-32-25-18)7-15(23)19(14)11-1-3-24-16(5-11)20(29)17(28)9-27/h2,4-7,13,16-17,24,27-28H,1,3,8-10H2/t13-,16?,17+/m1/s1. The lowest BCUT2D eigenvalue weighted by Gasteiger charge is -2.24. The molecule has 0 aliphatic carbocycles. The smallest absolute Gasteiger partial charge is 0.414 e. The van der Waals surface area contributed by atoms with Gasteiger partial charge < -0.3 is 29.5 Å². The van der Waals surface area contributed by atoms with Crippen LogP contribution in [0.2, 0.25) is 0 Å². The van der Waals surface area contributed by atoms with Gasteiger partial charge in [0.1, 0.15) is 30.6 Å². The second-order valence-electron chi connectivity index (χ2n) is 7.52. The van der Waals surface area contributed by atoms with E-state index in [1.54, 1.807) is 0 Å². The number of ether oxygens (including phenoxy) is 2. The first-order valence-corrected chi connectivity index (χ1v) is 10.1. The Morgan fingerprint density at radius 2 is 2.12 bits per heavy atom. The minimum absolute atomic E-state index is 0.0111. The second-order valence-corrected chi connectivity index (χ2v) is 7.52. The van der Waals surface area contributed by atoms with Crippen molar-refractivity contribution in [3.8, 4) is 5.88 Å². The van der Waals surface area contributed by atoms with Crippen molar-refractivity contribution in [2.75, 3.05) is 31.2 Å². The Morgan fingerprint density at radius 3 is 2.79 bits per heavy atom. The number of carbonyl (C=O) groups excluding carboxylic acids is 2. The van der Waals surface area contributed by atoms with E-state index >= 15 is 0 Å². The zero-order valence-corrected chi connectivity index (χ0v) is 17.2. The van der Waals surface area contributed by atoms with Gasteiger partial charge in [0.2, 0.25) is 0 Å². The van der Waals surface area contributed by atoms with E-state index < -0.39 is 48.4 Å². The molecule has 3 atom stereocenters. The van der Waals surface area contributed by atoms with Crippen molar-refractivity contribution in [3.05, 3.63) is 47.7 Å². The van der Waals surface area contributed by atoms with Crippen LogP contribution in [0, 0.1) is 11.6 Å². The fraction of sp³-hybridized carbons (Fsp3) is 0.381. The molecule has 176 valence electrons. The van der Waals surface area contributed by atoms with Crippen LogP contribution in [-0.4, -0.2) is 71.8 Å². The summed E-state index contributed by atoms with van der Waals surface area (Å²) in [6, 6.07) is 2.52. The number of cyclic esters (lactones) is 1. The van der Waals surface area contributed by atoms with Crippen LogP contribution in [0.15, 0.2) is 35.1 Å². The topological polar surface area (TPSA) is 134 Å². The Kier molecular flexibility index (Phi) is 6.67. The van der Waals surface area contributed by atoms with E-state index in [0.29, 0.717) is 0 Å².